The molecule has 8 nitrogen and oxygen atoms in total. The maximum absolute atomic E-state index is 13.4. The number of methoxy groups -OCH3 is 1. The largest absolute Gasteiger partial charge is 0.497 e. The van der Waals surface area contributed by atoms with Crippen LogP contribution < -0.4 is 14.4 Å². The molecule has 0 saturated heterocycles. The molecule has 2 aromatic carbocycles. The Morgan fingerprint density at radius 2 is 1.70 bits per heavy atom. The Morgan fingerprint density at radius 3 is 2.27 bits per heavy atom. The number of halogens is 2. The second-order valence-corrected chi connectivity index (χ2v) is 11.6. The van der Waals surface area contributed by atoms with E-state index in [1.807, 2.05) is 13.8 Å². The van der Waals surface area contributed by atoms with Crippen LogP contribution in [-0.2, 0) is 26.2 Å². The first kappa shape index (κ1) is 30.7. The van der Waals surface area contributed by atoms with Gasteiger partial charge in [0.2, 0.25) is 21.8 Å². The summed E-state index contributed by atoms with van der Waals surface area (Å²) in [6.45, 7) is 5.61. The van der Waals surface area contributed by atoms with Gasteiger partial charge >= 0.3 is 0 Å². The predicted octanol–water partition coefficient (Wildman–Crippen LogP) is 4.88. The van der Waals surface area contributed by atoms with Gasteiger partial charge in [0, 0.05) is 47.2 Å². The first-order valence-corrected chi connectivity index (χ1v) is 14.6. The monoisotopic (exact) mass is 571 g/mol. The molecule has 0 saturated carbocycles. The smallest absolute Gasteiger partial charge is 0.242 e. The number of hydrogen-bond acceptors (Lipinski definition) is 5. The first-order chi connectivity index (χ1) is 17.4. The lowest BCUT2D eigenvalue weighted by Gasteiger charge is -2.30. The van der Waals surface area contributed by atoms with E-state index in [4.69, 9.17) is 27.9 Å². The van der Waals surface area contributed by atoms with Crippen LogP contribution in [0.15, 0.2) is 42.5 Å². The Hall–Kier alpha value is -2.49. The SMILES string of the molecule is CC[C@@H](C)NC(=O)[C@H](C)N(Cc1c(Cl)cccc1Cl)C(=O)CCCN(c1cccc(OC)c1)S(C)(=O)=O. The maximum Gasteiger partial charge on any atom is 0.242 e. The molecular formula is C26H35Cl2N3O5S. The quantitative estimate of drug-likeness (QED) is 0.369. The topological polar surface area (TPSA) is 96.0 Å². The molecule has 1 N–H and O–H groups in total. The van der Waals surface area contributed by atoms with Crippen molar-refractivity contribution in [3.05, 3.63) is 58.1 Å². The van der Waals surface area contributed by atoms with E-state index in [1.165, 1.54) is 16.3 Å². The number of rotatable bonds is 13. The molecule has 0 radical (unpaired) electrons. The normalized spacial score (nSPS) is 12.9. The van der Waals surface area contributed by atoms with Gasteiger partial charge in [0.1, 0.15) is 11.8 Å². The fraction of sp³-hybridized carbons (Fsp3) is 0.462. The second kappa shape index (κ2) is 13.9. The molecule has 0 spiro atoms. The number of carbonyl (C=O) groups excluding carboxylic acids is 2. The summed E-state index contributed by atoms with van der Waals surface area (Å²) in [5.41, 5.74) is 0.979. The first-order valence-electron chi connectivity index (χ1n) is 12.0. The van der Waals surface area contributed by atoms with E-state index in [0.717, 1.165) is 12.7 Å². The Labute approximate surface area is 229 Å². The van der Waals surface area contributed by atoms with Crippen LogP contribution in [0.4, 0.5) is 5.69 Å². The van der Waals surface area contributed by atoms with Crippen molar-refractivity contribution >= 4 is 50.7 Å². The molecule has 2 rings (SSSR count). The average molecular weight is 573 g/mol. The van der Waals surface area contributed by atoms with Crippen LogP contribution in [0.25, 0.3) is 0 Å². The van der Waals surface area contributed by atoms with Gasteiger partial charge in [-0.2, -0.15) is 0 Å². The highest BCUT2D eigenvalue weighted by Crippen LogP contribution is 2.27. The number of sulfonamides is 1. The molecule has 0 fully saturated rings. The molecule has 0 aliphatic carbocycles. The zero-order chi connectivity index (χ0) is 27.8. The highest BCUT2D eigenvalue weighted by atomic mass is 35.5. The predicted molar refractivity (Wildman–Crippen MR) is 149 cm³/mol. The van der Waals surface area contributed by atoms with E-state index in [1.54, 1.807) is 49.4 Å². The minimum absolute atomic E-state index is 0.0129. The lowest BCUT2D eigenvalue weighted by molar-refractivity contribution is -0.140. The summed E-state index contributed by atoms with van der Waals surface area (Å²) in [6.07, 6.45) is 2.10. The number of nitrogens with zero attached hydrogens (tertiary/aromatic N) is 2. The summed E-state index contributed by atoms with van der Waals surface area (Å²) >= 11 is 12.7. The summed E-state index contributed by atoms with van der Waals surface area (Å²) in [5, 5.41) is 3.69. The van der Waals surface area contributed by atoms with Gasteiger partial charge in [0.25, 0.3) is 0 Å². The Bertz CT molecular complexity index is 1170. The number of benzene rings is 2. The molecule has 11 heteroatoms. The van der Waals surface area contributed by atoms with E-state index < -0.39 is 16.1 Å². The van der Waals surface area contributed by atoms with Crippen LogP contribution in [0.3, 0.4) is 0 Å². The molecule has 0 aliphatic rings. The molecule has 204 valence electrons. The third kappa shape index (κ3) is 8.79. The molecule has 0 aliphatic heterocycles. The molecule has 2 aromatic rings. The van der Waals surface area contributed by atoms with E-state index in [2.05, 4.69) is 5.32 Å². The molecule has 0 bridgehead atoms. The summed E-state index contributed by atoms with van der Waals surface area (Å²) < 4.78 is 31.4. The lowest BCUT2D eigenvalue weighted by atomic mass is 10.1. The zero-order valence-electron chi connectivity index (χ0n) is 21.8. The van der Waals surface area contributed by atoms with Crippen LogP contribution in [0.5, 0.6) is 5.75 Å². The van der Waals surface area contributed by atoms with Crippen molar-refractivity contribution < 1.29 is 22.7 Å². The van der Waals surface area contributed by atoms with Crippen LogP contribution in [0.2, 0.25) is 10.0 Å². The maximum atomic E-state index is 13.4. The minimum atomic E-state index is -3.61. The van der Waals surface area contributed by atoms with Crippen molar-refractivity contribution in [2.75, 3.05) is 24.2 Å². The Morgan fingerprint density at radius 1 is 1.08 bits per heavy atom. The summed E-state index contributed by atoms with van der Waals surface area (Å²) in [6, 6.07) is 10.9. The van der Waals surface area contributed by atoms with Gasteiger partial charge in [-0.05, 0) is 51.0 Å². The molecule has 0 heterocycles. The molecule has 0 aromatic heterocycles. The molecule has 2 amide bonds. The molecule has 37 heavy (non-hydrogen) atoms. The summed E-state index contributed by atoms with van der Waals surface area (Å²) in [5.74, 6) is -0.0898. The third-order valence-electron chi connectivity index (χ3n) is 6.05. The van der Waals surface area contributed by atoms with Crippen molar-refractivity contribution in [2.24, 2.45) is 0 Å². The van der Waals surface area contributed by atoms with Crippen molar-refractivity contribution in [1.82, 2.24) is 10.2 Å². The van der Waals surface area contributed by atoms with Crippen molar-refractivity contribution in [3.8, 4) is 5.75 Å². The molecule has 2 atom stereocenters. The van der Waals surface area contributed by atoms with Gasteiger partial charge < -0.3 is 15.0 Å². The van der Waals surface area contributed by atoms with Gasteiger partial charge in [0.05, 0.1) is 19.1 Å². The van der Waals surface area contributed by atoms with Gasteiger partial charge in [-0.3, -0.25) is 13.9 Å². The van der Waals surface area contributed by atoms with Crippen LogP contribution >= 0.6 is 23.2 Å². The number of anilines is 1. The van der Waals surface area contributed by atoms with E-state index in [-0.39, 0.29) is 43.8 Å². The number of hydrogen-bond donors (Lipinski definition) is 1. The zero-order valence-corrected chi connectivity index (χ0v) is 24.2. The fourth-order valence-corrected chi connectivity index (χ4v) is 5.15. The minimum Gasteiger partial charge on any atom is -0.497 e. The molecular weight excluding hydrogens is 537 g/mol. The summed E-state index contributed by atoms with van der Waals surface area (Å²) in [7, 11) is -2.11. The van der Waals surface area contributed by atoms with Crippen LogP contribution in [-0.4, -0.2) is 57.1 Å². The number of carbonyl (C=O) groups is 2. The van der Waals surface area contributed by atoms with E-state index in [9.17, 15) is 18.0 Å². The van der Waals surface area contributed by atoms with Crippen molar-refractivity contribution in [2.45, 2.75) is 58.7 Å². The van der Waals surface area contributed by atoms with Gasteiger partial charge in [-0.15, -0.1) is 0 Å². The highest BCUT2D eigenvalue weighted by molar-refractivity contribution is 7.92. The van der Waals surface area contributed by atoms with Crippen molar-refractivity contribution in [1.29, 1.82) is 0 Å². The Balaban J connectivity index is 2.24. The molecule has 0 unspecified atom stereocenters. The highest BCUT2D eigenvalue weighted by Gasteiger charge is 2.28. The standard InChI is InChI=1S/C26H35Cl2N3O5S/c1-6-18(2)29-26(33)19(3)30(17-22-23(27)12-8-13-24(22)28)25(32)14-9-15-31(37(5,34)35)20-10-7-11-21(16-20)36-4/h7-8,10-13,16,18-19H,6,9,14-15,17H2,1-5H3,(H,29,33)/t18-,19+/m1/s1. The Kier molecular flexibility index (Phi) is 11.5. The van der Waals surface area contributed by atoms with Gasteiger partial charge in [0.15, 0.2) is 0 Å². The van der Waals surface area contributed by atoms with Gasteiger partial charge in [-0.1, -0.05) is 42.3 Å². The number of nitrogens with one attached hydrogen (secondary N) is 1. The van der Waals surface area contributed by atoms with E-state index in [0.29, 0.717) is 27.0 Å². The van der Waals surface area contributed by atoms with Crippen LogP contribution in [0, 0.1) is 0 Å². The van der Waals surface area contributed by atoms with Crippen molar-refractivity contribution in [3.63, 3.8) is 0 Å². The summed E-state index contributed by atoms with van der Waals surface area (Å²) in [4.78, 5) is 27.7. The fourth-order valence-electron chi connectivity index (χ4n) is 3.67. The van der Waals surface area contributed by atoms with Crippen LogP contribution in [0.1, 0.15) is 45.6 Å². The van der Waals surface area contributed by atoms with Gasteiger partial charge in [-0.25, -0.2) is 8.42 Å². The second-order valence-electron chi connectivity index (χ2n) is 8.86. The third-order valence-corrected chi connectivity index (χ3v) is 7.95. The van der Waals surface area contributed by atoms with E-state index >= 15 is 0 Å². The number of amides is 2. The number of ether oxygens (including phenoxy) is 1. The lowest BCUT2D eigenvalue weighted by Crippen LogP contribution is -2.49. The average Bonchev–Trinajstić information content (AvgIpc) is 2.85.